The van der Waals surface area contributed by atoms with Crippen molar-refractivity contribution in [2.75, 3.05) is 19.8 Å². The minimum Gasteiger partial charge on any atom is -0.490 e. The van der Waals surface area contributed by atoms with E-state index >= 15 is 0 Å². The minimum atomic E-state index is 0.477. The van der Waals surface area contributed by atoms with Crippen LogP contribution in [-0.2, 0) is 0 Å². The Morgan fingerprint density at radius 3 is 2.78 bits per heavy atom. The van der Waals surface area contributed by atoms with Crippen molar-refractivity contribution < 1.29 is 9.47 Å². The lowest BCUT2D eigenvalue weighted by molar-refractivity contribution is 0.297. The molecule has 0 bridgehead atoms. The van der Waals surface area contributed by atoms with E-state index in [1.807, 2.05) is 0 Å². The van der Waals surface area contributed by atoms with E-state index in [0.29, 0.717) is 6.04 Å². The topological polar surface area (TPSA) is 30.5 Å². The Hall–Kier alpha value is -1.22. The molecule has 1 unspecified atom stereocenters. The van der Waals surface area contributed by atoms with Gasteiger partial charge >= 0.3 is 0 Å². The number of fused-ring (bicyclic) bond motifs is 1. The molecule has 1 aromatic rings. The van der Waals surface area contributed by atoms with Crippen LogP contribution in [0.5, 0.6) is 11.5 Å². The van der Waals surface area contributed by atoms with Crippen molar-refractivity contribution in [3.63, 3.8) is 0 Å². The van der Waals surface area contributed by atoms with Gasteiger partial charge in [-0.3, -0.25) is 0 Å². The average Bonchev–Trinajstić information content (AvgIpc) is 2.80. The van der Waals surface area contributed by atoms with E-state index < -0.39 is 0 Å². The largest absolute Gasteiger partial charge is 0.490 e. The van der Waals surface area contributed by atoms with Crippen LogP contribution in [-0.4, -0.2) is 19.8 Å². The Balaban J connectivity index is 1.81. The van der Waals surface area contributed by atoms with Crippen molar-refractivity contribution in [1.82, 2.24) is 5.32 Å². The monoisotopic (exact) mass is 247 g/mol. The van der Waals surface area contributed by atoms with Crippen LogP contribution in [0.4, 0.5) is 0 Å². The number of rotatable bonds is 1. The highest BCUT2D eigenvalue weighted by Gasteiger charge is 2.17. The van der Waals surface area contributed by atoms with Crippen molar-refractivity contribution in [2.24, 2.45) is 0 Å². The van der Waals surface area contributed by atoms with Crippen LogP contribution in [0.3, 0.4) is 0 Å². The molecule has 1 atom stereocenters. The minimum absolute atomic E-state index is 0.477. The molecule has 1 saturated heterocycles. The summed E-state index contributed by atoms with van der Waals surface area (Å²) >= 11 is 0. The van der Waals surface area contributed by atoms with Crippen molar-refractivity contribution in [3.8, 4) is 11.5 Å². The molecule has 0 aromatic heterocycles. The van der Waals surface area contributed by atoms with E-state index in [1.165, 1.54) is 31.2 Å². The quantitative estimate of drug-likeness (QED) is 0.827. The molecule has 98 valence electrons. The van der Waals surface area contributed by atoms with Crippen LogP contribution in [0.1, 0.15) is 43.7 Å². The molecule has 0 aliphatic carbocycles. The lowest BCUT2D eigenvalue weighted by Crippen LogP contribution is -2.20. The van der Waals surface area contributed by atoms with Gasteiger partial charge in [0, 0.05) is 12.5 Å². The maximum atomic E-state index is 5.76. The second-order valence-corrected chi connectivity index (χ2v) is 5.11. The van der Waals surface area contributed by atoms with Crippen LogP contribution in [0.15, 0.2) is 18.2 Å². The molecule has 3 nitrogen and oxygen atoms in total. The van der Waals surface area contributed by atoms with Crippen LogP contribution < -0.4 is 14.8 Å². The second-order valence-electron chi connectivity index (χ2n) is 5.11. The summed E-state index contributed by atoms with van der Waals surface area (Å²) < 4.78 is 11.4. The first-order valence-corrected chi connectivity index (χ1v) is 7.06. The molecule has 18 heavy (non-hydrogen) atoms. The van der Waals surface area contributed by atoms with Gasteiger partial charge in [-0.15, -0.1) is 0 Å². The third-order valence-corrected chi connectivity index (χ3v) is 3.73. The summed E-state index contributed by atoms with van der Waals surface area (Å²) in [6.07, 6.45) is 6.13. The van der Waals surface area contributed by atoms with Gasteiger partial charge in [0.15, 0.2) is 11.5 Å². The average molecular weight is 247 g/mol. The number of hydrogen-bond donors (Lipinski definition) is 1. The molecule has 3 heteroatoms. The maximum absolute atomic E-state index is 5.76. The molecule has 0 saturated carbocycles. The van der Waals surface area contributed by atoms with Crippen LogP contribution >= 0.6 is 0 Å². The Labute approximate surface area is 108 Å². The van der Waals surface area contributed by atoms with E-state index in [0.717, 1.165) is 37.7 Å². The zero-order valence-corrected chi connectivity index (χ0v) is 10.8. The van der Waals surface area contributed by atoms with Gasteiger partial charge in [0.1, 0.15) is 0 Å². The zero-order valence-electron chi connectivity index (χ0n) is 10.8. The van der Waals surface area contributed by atoms with Crippen molar-refractivity contribution in [3.05, 3.63) is 23.8 Å². The highest BCUT2D eigenvalue weighted by atomic mass is 16.5. The highest BCUT2D eigenvalue weighted by molar-refractivity contribution is 5.44. The summed E-state index contributed by atoms with van der Waals surface area (Å²) in [6.45, 7) is 2.64. The summed E-state index contributed by atoms with van der Waals surface area (Å²) in [5.41, 5.74) is 1.33. The molecule has 1 aromatic carbocycles. The predicted octanol–water partition coefficient (Wildman–Crippen LogP) is 3.05. The van der Waals surface area contributed by atoms with Gasteiger partial charge in [-0.25, -0.2) is 0 Å². The smallest absolute Gasteiger partial charge is 0.161 e. The predicted molar refractivity (Wildman–Crippen MR) is 71.3 cm³/mol. The van der Waals surface area contributed by atoms with Crippen molar-refractivity contribution >= 4 is 0 Å². The molecule has 1 fully saturated rings. The standard InChI is InChI=1S/C15H21NO2/c1-2-5-13(16-8-3-1)12-6-7-14-15(11-12)18-10-4-9-17-14/h6-7,11,13,16H,1-5,8-10H2. The Bertz CT molecular complexity index is 397. The number of benzene rings is 1. The summed E-state index contributed by atoms with van der Waals surface area (Å²) in [7, 11) is 0. The summed E-state index contributed by atoms with van der Waals surface area (Å²) in [6, 6.07) is 6.87. The molecular weight excluding hydrogens is 226 g/mol. The summed E-state index contributed by atoms with van der Waals surface area (Å²) in [5.74, 6) is 1.81. The lowest BCUT2D eigenvalue weighted by atomic mass is 10.0. The molecule has 0 spiro atoms. The van der Waals surface area contributed by atoms with Gasteiger partial charge < -0.3 is 14.8 Å². The lowest BCUT2D eigenvalue weighted by Gasteiger charge is -2.18. The molecule has 2 aliphatic rings. The molecule has 0 amide bonds. The first-order valence-electron chi connectivity index (χ1n) is 7.06. The Kier molecular flexibility index (Phi) is 3.69. The third kappa shape index (κ3) is 2.61. The maximum Gasteiger partial charge on any atom is 0.161 e. The van der Waals surface area contributed by atoms with Crippen LogP contribution in [0, 0.1) is 0 Å². The molecular formula is C15H21NO2. The Morgan fingerprint density at radius 2 is 1.83 bits per heavy atom. The fraction of sp³-hybridized carbons (Fsp3) is 0.600. The van der Waals surface area contributed by atoms with Gasteiger partial charge in [0.2, 0.25) is 0 Å². The highest BCUT2D eigenvalue weighted by Crippen LogP contribution is 2.33. The van der Waals surface area contributed by atoms with E-state index in [9.17, 15) is 0 Å². The van der Waals surface area contributed by atoms with Crippen molar-refractivity contribution in [2.45, 2.75) is 38.1 Å². The second kappa shape index (κ2) is 5.61. The fourth-order valence-corrected chi connectivity index (χ4v) is 2.71. The van der Waals surface area contributed by atoms with Gasteiger partial charge in [0.05, 0.1) is 13.2 Å². The molecule has 2 heterocycles. The van der Waals surface area contributed by atoms with E-state index in [1.54, 1.807) is 0 Å². The van der Waals surface area contributed by atoms with E-state index in [4.69, 9.17) is 9.47 Å². The zero-order chi connectivity index (χ0) is 12.2. The summed E-state index contributed by atoms with van der Waals surface area (Å²) in [5, 5.41) is 3.62. The van der Waals surface area contributed by atoms with Gasteiger partial charge in [0.25, 0.3) is 0 Å². The fourth-order valence-electron chi connectivity index (χ4n) is 2.71. The van der Waals surface area contributed by atoms with E-state index in [2.05, 4.69) is 23.5 Å². The van der Waals surface area contributed by atoms with Crippen LogP contribution in [0.25, 0.3) is 0 Å². The Morgan fingerprint density at radius 1 is 0.944 bits per heavy atom. The van der Waals surface area contributed by atoms with Gasteiger partial charge in [-0.2, -0.15) is 0 Å². The molecule has 2 aliphatic heterocycles. The third-order valence-electron chi connectivity index (χ3n) is 3.73. The van der Waals surface area contributed by atoms with Crippen molar-refractivity contribution in [1.29, 1.82) is 0 Å². The van der Waals surface area contributed by atoms with Crippen LogP contribution in [0.2, 0.25) is 0 Å². The summed E-state index contributed by atoms with van der Waals surface area (Å²) in [4.78, 5) is 0. The van der Waals surface area contributed by atoms with Gasteiger partial charge in [-0.05, 0) is 37.1 Å². The van der Waals surface area contributed by atoms with Gasteiger partial charge in [-0.1, -0.05) is 18.9 Å². The normalized spacial score (nSPS) is 24.1. The molecule has 3 rings (SSSR count). The van der Waals surface area contributed by atoms with E-state index in [-0.39, 0.29) is 0 Å². The number of nitrogens with one attached hydrogen (secondary N) is 1. The SMILES string of the molecule is c1cc2c(cc1C1CCCCCN1)OCCCO2. The first-order chi connectivity index (χ1) is 8.93. The number of hydrogen-bond acceptors (Lipinski definition) is 3. The molecule has 0 radical (unpaired) electrons. The first kappa shape index (κ1) is 11.8. The molecule has 1 N–H and O–H groups in total. The number of ether oxygens (including phenoxy) is 2.